The number of amides is 1. The average Bonchev–Trinajstić information content (AvgIpc) is 3.21. The molecule has 162 valence electrons. The van der Waals surface area contributed by atoms with Gasteiger partial charge in [0.1, 0.15) is 11.6 Å². The third kappa shape index (κ3) is 5.44. The van der Waals surface area contributed by atoms with Crippen molar-refractivity contribution in [3.05, 3.63) is 105 Å². The Kier molecular flexibility index (Phi) is 6.81. The van der Waals surface area contributed by atoms with Crippen LogP contribution in [0.5, 0.6) is 0 Å². The Morgan fingerprint density at radius 3 is 2.24 bits per heavy atom. The molecule has 0 unspecified atom stereocenters. The van der Waals surface area contributed by atoms with Crippen LogP contribution in [0.3, 0.4) is 0 Å². The highest BCUT2D eigenvalue weighted by atomic mass is 35.5. The highest BCUT2D eigenvalue weighted by Gasteiger charge is 2.16. The smallest absolute Gasteiger partial charge is 0.266 e. The number of para-hydroxylation sites is 1. The Bertz CT molecular complexity index is 1370. The predicted molar refractivity (Wildman–Crippen MR) is 133 cm³/mol. The Hall–Kier alpha value is -3.56. The lowest BCUT2D eigenvalue weighted by Crippen LogP contribution is -2.13. The summed E-state index contributed by atoms with van der Waals surface area (Å²) in [5.41, 5.74) is 3.10. The van der Waals surface area contributed by atoms with Crippen LogP contribution >= 0.6 is 34.8 Å². The van der Waals surface area contributed by atoms with Gasteiger partial charge in [0.25, 0.3) is 5.91 Å². The molecule has 1 N–H and O–H groups in total. The van der Waals surface area contributed by atoms with Crippen molar-refractivity contribution in [3.63, 3.8) is 0 Å². The van der Waals surface area contributed by atoms with Crippen molar-refractivity contribution < 1.29 is 4.79 Å². The summed E-state index contributed by atoms with van der Waals surface area (Å²) in [6, 6.07) is 23.3. The number of carbonyl (C=O) groups excluding carboxylic acids is 1. The van der Waals surface area contributed by atoms with Crippen LogP contribution in [0.4, 0.5) is 5.69 Å². The quantitative estimate of drug-likeness (QED) is 0.239. The Balaban J connectivity index is 1.75. The molecule has 3 aromatic carbocycles. The van der Waals surface area contributed by atoms with E-state index in [1.807, 2.05) is 48.5 Å². The maximum absolute atomic E-state index is 12.8. The Morgan fingerprint density at radius 1 is 0.939 bits per heavy atom. The molecule has 0 aliphatic rings. The number of hydrogen-bond donors (Lipinski definition) is 1. The lowest BCUT2D eigenvalue weighted by Gasteiger charge is -2.06. The monoisotopic (exact) mass is 492 g/mol. The van der Waals surface area contributed by atoms with Crippen molar-refractivity contribution in [1.29, 1.82) is 5.26 Å². The second-order valence-corrected chi connectivity index (χ2v) is 8.31. The lowest BCUT2D eigenvalue weighted by molar-refractivity contribution is -0.112. The normalized spacial score (nSPS) is 11.2. The van der Waals surface area contributed by atoms with Gasteiger partial charge in [-0.25, -0.2) is 4.68 Å². The van der Waals surface area contributed by atoms with E-state index in [1.165, 1.54) is 6.08 Å². The fourth-order valence-electron chi connectivity index (χ4n) is 3.17. The van der Waals surface area contributed by atoms with Gasteiger partial charge in [-0.15, -0.1) is 0 Å². The van der Waals surface area contributed by atoms with Crippen LogP contribution in [0, 0.1) is 11.3 Å². The van der Waals surface area contributed by atoms with Crippen LogP contribution in [0.15, 0.2) is 84.6 Å². The number of anilines is 1. The number of nitrogens with zero attached hydrogens (tertiary/aromatic N) is 3. The van der Waals surface area contributed by atoms with Gasteiger partial charge in [0.05, 0.1) is 11.4 Å². The standard InChI is InChI=1S/C25H15Cl3N4O/c26-19-8-6-16(7-9-19)24-18(15-32(31-24)23-4-2-1-3-5-23)10-17(14-29)25(33)30-22-12-20(27)11-21(28)13-22/h1-13,15H,(H,30,33). The van der Waals surface area contributed by atoms with Gasteiger partial charge in [-0.05, 0) is 48.5 Å². The van der Waals surface area contributed by atoms with Gasteiger partial charge in [-0.2, -0.15) is 10.4 Å². The average molecular weight is 494 g/mol. The van der Waals surface area contributed by atoms with Gasteiger partial charge >= 0.3 is 0 Å². The number of aromatic nitrogens is 2. The molecule has 0 saturated heterocycles. The van der Waals surface area contributed by atoms with Crippen LogP contribution in [0.25, 0.3) is 23.0 Å². The van der Waals surface area contributed by atoms with Crippen molar-refractivity contribution in [2.45, 2.75) is 0 Å². The fourth-order valence-corrected chi connectivity index (χ4v) is 3.82. The third-order valence-corrected chi connectivity index (χ3v) is 5.35. The molecule has 0 bridgehead atoms. The zero-order chi connectivity index (χ0) is 23.4. The summed E-state index contributed by atoms with van der Waals surface area (Å²) < 4.78 is 1.69. The highest BCUT2D eigenvalue weighted by Crippen LogP contribution is 2.28. The first-order valence-electron chi connectivity index (χ1n) is 9.73. The molecule has 0 saturated carbocycles. The van der Waals surface area contributed by atoms with E-state index < -0.39 is 5.91 Å². The molecule has 33 heavy (non-hydrogen) atoms. The summed E-state index contributed by atoms with van der Waals surface area (Å²) in [7, 11) is 0. The molecule has 8 heteroatoms. The molecule has 1 heterocycles. The molecule has 0 radical (unpaired) electrons. The van der Waals surface area contributed by atoms with E-state index in [0.717, 1.165) is 11.3 Å². The molecule has 0 fully saturated rings. The minimum atomic E-state index is -0.592. The van der Waals surface area contributed by atoms with Crippen molar-refractivity contribution in [2.75, 3.05) is 5.32 Å². The maximum atomic E-state index is 12.8. The second-order valence-electron chi connectivity index (χ2n) is 7.00. The highest BCUT2D eigenvalue weighted by molar-refractivity contribution is 6.35. The van der Waals surface area contributed by atoms with Crippen LogP contribution in [-0.2, 0) is 4.79 Å². The van der Waals surface area contributed by atoms with E-state index in [4.69, 9.17) is 34.8 Å². The summed E-state index contributed by atoms with van der Waals surface area (Å²) in [6.07, 6.45) is 3.26. The first kappa shape index (κ1) is 22.6. The van der Waals surface area contributed by atoms with E-state index in [1.54, 1.807) is 41.2 Å². The van der Waals surface area contributed by atoms with E-state index in [-0.39, 0.29) is 5.57 Å². The molecule has 1 amide bonds. The lowest BCUT2D eigenvalue weighted by atomic mass is 10.1. The molecule has 4 rings (SSSR count). The van der Waals surface area contributed by atoms with Crippen molar-refractivity contribution in [2.24, 2.45) is 0 Å². The van der Waals surface area contributed by atoms with Gasteiger partial charge < -0.3 is 5.32 Å². The molecular formula is C25H15Cl3N4O. The fraction of sp³-hybridized carbons (Fsp3) is 0. The zero-order valence-electron chi connectivity index (χ0n) is 17.0. The summed E-state index contributed by atoms with van der Waals surface area (Å²) in [4.78, 5) is 12.8. The summed E-state index contributed by atoms with van der Waals surface area (Å²) in [5, 5.41) is 18.4. The van der Waals surface area contributed by atoms with Gasteiger partial charge in [-0.1, -0.05) is 65.1 Å². The number of carbonyl (C=O) groups is 1. The molecule has 0 aliphatic heterocycles. The summed E-state index contributed by atoms with van der Waals surface area (Å²) >= 11 is 18.0. The number of nitriles is 1. The minimum Gasteiger partial charge on any atom is -0.321 e. The van der Waals surface area contributed by atoms with Gasteiger partial charge in [-0.3, -0.25) is 4.79 Å². The number of benzene rings is 3. The molecule has 0 spiro atoms. The topological polar surface area (TPSA) is 70.7 Å². The van der Waals surface area contributed by atoms with E-state index in [0.29, 0.717) is 32.0 Å². The minimum absolute atomic E-state index is 0.103. The number of halogens is 3. The first-order valence-corrected chi connectivity index (χ1v) is 10.9. The SMILES string of the molecule is N#CC(=Cc1cn(-c2ccccc2)nc1-c1ccc(Cl)cc1)C(=O)Nc1cc(Cl)cc(Cl)c1. The van der Waals surface area contributed by atoms with Crippen LogP contribution in [0.2, 0.25) is 15.1 Å². The van der Waals surface area contributed by atoms with Crippen molar-refractivity contribution in [1.82, 2.24) is 9.78 Å². The van der Waals surface area contributed by atoms with Crippen LogP contribution in [0.1, 0.15) is 5.56 Å². The number of nitrogens with one attached hydrogen (secondary N) is 1. The van der Waals surface area contributed by atoms with Gasteiger partial charge in [0.15, 0.2) is 0 Å². The van der Waals surface area contributed by atoms with Crippen LogP contribution in [-0.4, -0.2) is 15.7 Å². The molecule has 1 aromatic heterocycles. The number of rotatable bonds is 5. The van der Waals surface area contributed by atoms with Crippen LogP contribution < -0.4 is 5.32 Å². The van der Waals surface area contributed by atoms with Crippen molar-refractivity contribution >= 4 is 52.5 Å². The molecule has 4 aromatic rings. The molecule has 0 atom stereocenters. The summed E-state index contributed by atoms with van der Waals surface area (Å²) in [5.74, 6) is -0.592. The first-order chi connectivity index (χ1) is 15.9. The third-order valence-electron chi connectivity index (χ3n) is 4.67. The number of hydrogen-bond acceptors (Lipinski definition) is 3. The maximum Gasteiger partial charge on any atom is 0.266 e. The van der Waals surface area contributed by atoms with E-state index in [9.17, 15) is 10.1 Å². The Morgan fingerprint density at radius 2 is 1.61 bits per heavy atom. The largest absolute Gasteiger partial charge is 0.321 e. The van der Waals surface area contributed by atoms with Gasteiger partial charge in [0.2, 0.25) is 0 Å². The Labute approximate surface area is 205 Å². The summed E-state index contributed by atoms with van der Waals surface area (Å²) in [6.45, 7) is 0. The molecule has 0 aliphatic carbocycles. The van der Waals surface area contributed by atoms with E-state index in [2.05, 4.69) is 10.4 Å². The van der Waals surface area contributed by atoms with E-state index >= 15 is 0 Å². The second kappa shape index (κ2) is 9.93. The molecular weight excluding hydrogens is 479 g/mol. The molecule has 5 nitrogen and oxygen atoms in total. The van der Waals surface area contributed by atoms with Gasteiger partial charge in [0, 0.05) is 38.1 Å². The zero-order valence-corrected chi connectivity index (χ0v) is 19.2. The predicted octanol–water partition coefficient (Wildman–Crippen LogP) is 7.05. The van der Waals surface area contributed by atoms with Crippen molar-refractivity contribution in [3.8, 4) is 23.0 Å².